The highest BCUT2D eigenvalue weighted by molar-refractivity contribution is 6.04. The molecular formula is C24H30N4O3. The van der Waals surface area contributed by atoms with E-state index in [4.69, 9.17) is 4.74 Å². The Hall–Kier alpha value is -3.19. The molecule has 0 aliphatic rings. The number of fused-ring (bicyclic) bond motifs is 1. The van der Waals surface area contributed by atoms with E-state index in [1.807, 2.05) is 63.2 Å². The SMILES string of the molecule is COc1ccccc1C(CNC(=O)c1nn(CC(C)C)c(=O)c2ccccc12)N(C)C. The molecular weight excluding hydrogens is 392 g/mol. The highest BCUT2D eigenvalue weighted by atomic mass is 16.5. The van der Waals surface area contributed by atoms with Crippen molar-refractivity contribution in [1.82, 2.24) is 20.0 Å². The molecule has 0 radical (unpaired) electrons. The van der Waals surface area contributed by atoms with E-state index < -0.39 is 0 Å². The van der Waals surface area contributed by atoms with Crippen LogP contribution in [0.5, 0.6) is 5.75 Å². The molecule has 1 heterocycles. The molecule has 0 bridgehead atoms. The normalized spacial score (nSPS) is 12.4. The molecule has 1 unspecified atom stereocenters. The van der Waals surface area contributed by atoms with Crippen molar-refractivity contribution in [3.8, 4) is 5.75 Å². The summed E-state index contributed by atoms with van der Waals surface area (Å²) < 4.78 is 6.90. The van der Waals surface area contributed by atoms with Gasteiger partial charge in [-0.1, -0.05) is 50.2 Å². The van der Waals surface area contributed by atoms with E-state index in [1.165, 1.54) is 4.68 Å². The van der Waals surface area contributed by atoms with Gasteiger partial charge in [0.25, 0.3) is 11.5 Å². The van der Waals surface area contributed by atoms with Gasteiger partial charge in [-0.05, 0) is 32.1 Å². The maximum atomic E-state index is 13.2. The van der Waals surface area contributed by atoms with Crippen LogP contribution in [0.4, 0.5) is 0 Å². The van der Waals surface area contributed by atoms with Crippen LogP contribution in [0.25, 0.3) is 10.8 Å². The Morgan fingerprint density at radius 3 is 2.39 bits per heavy atom. The van der Waals surface area contributed by atoms with Gasteiger partial charge in [0.05, 0.1) is 18.5 Å². The van der Waals surface area contributed by atoms with E-state index >= 15 is 0 Å². The van der Waals surface area contributed by atoms with Crippen molar-refractivity contribution in [1.29, 1.82) is 0 Å². The Balaban J connectivity index is 1.94. The second kappa shape index (κ2) is 9.75. The number of benzene rings is 2. The second-order valence-corrected chi connectivity index (χ2v) is 8.21. The maximum Gasteiger partial charge on any atom is 0.274 e. The van der Waals surface area contributed by atoms with Gasteiger partial charge in [0, 0.05) is 24.0 Å². The standard InChI is InChI=1S/C24H30N4O3/c1-16(2)15-28-24(30)18-11-7-6-10-17(18)22(26-28)23(29)25-14-20(27(3)4)19-12-8-9-13-21(19)31-5/h6-13,16,20H,14-15H2,1-5H3,(H,25,29). The number of amides is 1. The van der Waals surface area contributed by atoms with Gasteiger partial charge < -0.3 is 15.0 Å². The molecule has 2 aromatic carbocycles. The number of aromatic nitrogens is 2. The van der Waals surface area contributed by atoms with Gasteiger partial charge in [0.1, 0.15) is 5.75 Å². The monoisotopic (exact) mass is 422 g/mol. The van der Waals surface area contributed by atoms with Crippen LogP contribution < -0.4 is 15.6 Å². The number of nitrogens with one attached hydrogen (secondary N) is 1. The predicted octanol–water partition coefficient (Wildman–Crippen LogP) is 3.09. The third kappa shape index (κ3) is 4.94. The summed E-state index contributed by atoms with van der Waals surface area (Å²) in [5.74, 6) is 0.686. The van der Waals surface area contributed by atoms with Crippen molar-refractivity contribution >= 4 is 16.7 Å². The summed E-state index contributed by atoms with van der Waals surface area (Å²) in [6.07, 6.45) is 0. The van der Waals surface area contributed by atoms with Crippen molar-refractivity contribution in [3.05, 3.63) is 70.1 Å². The quantitative estimate of drug-likeness (QED) is 0.604. The number of methoxy groups -OCH3 is 1. The fourth-order valence-electron chi connectivity index (χ4n) is 3.66. The fourth-order valence-corrected chi connectivity index (χ4v) is 3.66. The van der Waals surface area contributed by atoms with E-state index in [0.29, 0.717) is 23.9 Å². The van der Waals surface area contributed by atoms with Crippen LogP contribution in [-0.2, 0) is 6.54 Å². The summed E-state index contributed by atoms with van der Waals surface area (Å²) in [5, 5.41) is 8.49. The first-order valence-corrected chi connectivity index (χ1v) is 10.4. The van der Waals surface area contributed by atoms with E-state index in [1.54, 1.807) is 25.3 Å². The second-order valence-electron chi connectivity index (χ2n) is 8.21. The van der Waals surface area contributed by atoms with E-state index in [9.17, 15) is 9.59 Å². The first-order valence-electron chi connectivity index (χ1n) is 10.4. The minimum absolute atomic E-state index is 0.0899. The summed E-state index contributed by atoms with van der Waals surface area (Å²) in [4.78, 5) is 28.0. The number of ether oxygens (including phenoxy) is 1. The van der Waals surface area contributed by atoms with E-state index in [0.717, 1.165) is 11.3 Å². The third-order valence-electron chi connectivity index (χ3n) is 5.20. The Kier molecular flexibility index (Phi) is 7.07. The van der Waals surface area contributed by atoms with Crippen molar-refractivity contribution in [2.45, 2.75) is 26.4 Å². The summed E-state index contributed by atoms with van der Waals surface area (Å²) in [7, 11) is 5.55. The van der Waals surface area contributed by atoms with Crippen LogP contribution in [-0.4, -0.2) is 48.3 Å². The Morgan fingerprint density at radius 2 is 1.74 bits per heavy atom. The van der Waals surface area contributed by atoms with Crippen molar-refractivity contribution < 1.29 is 9.53 Å². The van der Waals surface area contributed by atoms with Crippen molar-refractivity contribution in [3.63, 3.8) is 0 Å². The number of para-hydroxylation sites is 1. The third-order valence-corrected chi connectivity index (χ3v) is 5.20. The van der Waals surface area contributed by atoms with Gasteiger partial charge in [-0.15, -0.1) is 0 Å². The minimum atomic E-state index is -0.310. The smallest absolute Gasteiger partial charge is 0.274 e. The zero-order chi connectivity index (χ0) is 22.5. The minimum Gasteiger partial charge on any atom is -0.496 e. The van der Waals surface area contributed by atoms with Gasteiger partial charge in [-0.25, -0.2) is 4.68 Å². The zero-order valence-electron chi connectivity index (χ0n) is 18.8. The summed E-state index contributed by atoms with van der Waals surface area (Å²) in [6.45, 7) is 4.84. The summed E-state index contributed by atoms with van der Waals surface area (Å²) >= 11 is 0. The van der Waals surface area contributed by atoms with Gasteiger partial charge in [0.2, 0.25) is 0 Å². The lowest BCUT2D eigenvalue weighted by atomic mass is 10.0. The Bertz CT molecular complexity index is 1120. The molecule has 0 spiro atoms. The van der Waals surface area contributed by atoms with E-state index in [2.05, 4.69) is 10.4 Å². The van der Waals surface area contributed by atoms with Crippen LogP contribution in [0.15, 0.2) is 53.3 Å². The molecule has 7 heteroatoms. The zero-order valence-corrected chi connectivity index (χ0v) is 18.8. The molecule has 1 N–H and O–H groups in total. The van der Waals surface area contributed by atoms with Crippen LogP contribution in [0.2, 0.25) is 0 Å². The molecule has 1 atom stereocenters. The molecule has 1 amide bonds. The summed E-state index contributed by atoms with van der Waals surface area (Å²) in [6, 6.07) is 14.8. The van der Waals surface area contributed by atoms with Gasteiger partial charge in [-0.2, -0.15) is 5.10 Å². The molecule has 3 aromatic rings. The van der Waals surface area contributed by atoms with Gasteiger partial charge in [-0.3, -0.25) is 9.59 Å². The molecule has 31 heavy (non-hydrogen) atoms. The maximum absolute atomic E-state index is 13.2. The average Bonchev–Trinajstić information content (AvgIpc) is 2.75. The number of likely N-dealkylation sites (N-methyl/N-ethyl adjacent to an activating group) is 1. The lowest BCUT2D eigenvalue weighted by molar-refractivity contribution is 0.0935. The highest BCUT2D eigenvalue weighted by Crippen LogP contribution is 2.27. The molecule has 0 saturated carbocycles. The van der Waals surface area contributed by atoms with Gasteiger partial charge >= 0.3 is 0 Å². The van der Waals surface area contributed by atoms with Crippen molar-refractivity contribution in [2.75, 3.05) is 27.7 Å². The van der Waals surface area contributed by atoms with E-state index in [-0.39, 0.29) is 29.1 Å². The first kappa shape index (κ1) is 22.5. The molecule has 0 saturated heterocycles. The topological polar surface area (TPSA) is 76.5 Å². The lowest BCUT2D eigenvalue weighted by Gasteiger charge is -2.26. The predicted molar refractivity (Wildman–Crippen MR) is 123 cm³/mol. The molecule has 0 fully saturated rings. The molecule has 164 valence electrons. The Labute approximate surface area is 182 Å². The fraction of sp³-hybridized carbons (Fsp3) is 0.375. The molecule has 7 nitrogen and oxygen atoms in total. The number of carbonyl (C=O) groups excluding carboxylic acids is 1. The number of hydrogen-bond acceptors (Lipinski definition) is 5. The van der Waals surface area contributed by atoms with Gasteiger partial charge in [0.15, 0.2) is 5.69 Å². The molecule has 1 aromatic heterocycles. The number of carbonyl (C=O) groups is 1. The highest BCUT2D eigenvalue weighted by Gasteiger charge is 2.22. The molecule has 0 aliphatic heterocycles. The molecule has 3 rings (SSSR count). The first-order chi connectivity index (χ1) is 14.8. The number of rotatable bonds is 8. The Morgan fingerprint density at radius 1 is 1.10 bits per heavy atom. The van der Waals surface area contributed by atoms with Crippen LogP contribution in [0.3, 0.4) is 0 Å². The van der Waals surface area contributed by atoms with Crippen LogP contribution in [0.1, 0.15) is 35.9 Å². The largest absolute Gasteiger partial charge is 0.496 e. The average molecular weight is 423 g/mol. The van der Waals surface area contributed by atoms with Crippen molar-refractivity contribution in [2.24, 2.45) is 5.92 Å². The van der Waals surface area contributed by atoms with Crippen LogP contribution in [0, 0.1) is 5.92 Å². The summed E-state index contributed by atoms with van der Waals surface area (Å²) in [5.41, 5.74) is 1.06. The molecule has 0 aliphatic carbocycles. The lowest BCUT2D eigenvalue weighted by Crippen LogP contribution is -2.36. The number of nitrogens with zero attached hydrogens (tertiary/aromatic N) is 3. The van der Waals surface area contributed by atoms with Crippen LogP contribution >= 0.6 is 0 Å². The number of hydrogen-bond donors (Lipinski definition) is 1.